The van der Waals surface area contributed by atoms with Gasteiger partial charge in [0.15, 0.2) is 17.3 Å². The van der Waals surface area contributed by atoms with E-state index in [1.165, 1.54) is 6.07 Å². The highest BCUT2D eigenvalue weighted by molar-refractivity contribution is 5.83. The summed E-state index contributed by atoms with van der Waals surface area (Å²) < 4.78 is 22.0. The SMILES string of the molecule is Cc1cc(-c2nc3ccc(C#N)cc3n2C2(C)COC2)c(F)c(O)c1O. The third-order valence-electron chi connectivity index (χ3n) is 4.79. The number of hydrogen-bond acceptors (Lipinski definition) is 5. The lowest BCUT2D eigenvalue weighted by Gasteiger charge is -2.40. The summed E-state index contributed by atoms with van der Waals surface area (Å²) >= 11 is 0. The summed E-state index contributed by atoms with van der Waals surface area (Å²) in [5, 5.41) is 28.9. The first-order valence-electron chi connectivity index (χ1n) is 8.08. The Morgan fingerprint density at radius 1 is 1.27 bits per heavy atom. The maximum atomic E-state index is 14.7. The number of aryl methyl sites for hydroxylation is 1. The van der Waals surface area contributed by atoms with E-state index < -0.39 is 22.9 Å². The summed E-state index contributed by atoms with van der Waals surface area (Å²) in [7, 11) is 0. The van der Waals surface area contributed by atoms with Gasteiger partial charge >= 0.3 is 0 Å². The molecule has 1 fully saturated rings. The molecule has 1 aliphatic heterocycles. The predicted octanol–water partition coefficient (Wildman–Crippen LogP) is 3.18. The molecule has 0 radical (unpaired) electrons. The van der Waals surface area contributed by atoms with Crippen LogP contribution in [-0.2, 0) is 10.3 Å². The van der Waals surface area contributed by atoms with Crippen molar-refractivity contribution < 1.29 is 19.3 Å². The van der Waals surface area contributed by atoms with Crippen molar-refractivity contribution in [2.75, 3.05) is 13.2 Å². The smallest absolute Gasteiger partial charge is 0.195 e. The van der Waals surface area contributed by atoms with Gasteiger partial charge in [0, 0.05) is 0 Å². The van der Waals surface area contributed by atoms with Crippen molar-refractivity contribution in [3.63, 3.8) is 0 Å². The molecule has 0 amide bonds. The second-order valence-electron chi connectivity index (χ2n) is 6.83. The van der Waals surface area contributed by atoms with Crippen LogP contribution in [0.4, 0.5) is 4.39 Å². The van der Waals surface area contributed by atoms with Gasteiger partial charge in [0.1, 0.15) is 5.82 Å². The Morgan fingerprint density at radius 2 is 2.00 bits per heavy atom. The zero-order valence-corrected chi connectivity index (χ0v) is 14.2. The molecule has 7 heteroatoms. The Labute approximate surface area is 148 Å². The van der Waals surface area contributed by atoms with E-state index in [1.54, 1.807) is 25.1 Å². The van der Waals surface area contributed by atoms with E-state index in [2.05, 4.69) is 11.1 Å². The van der Waals surface area contributed by atoms with E-state index in [0.29, 0.717) is 41.2 Å². The molecule has 1 aromatic heterocycles. The van der Waals surface area contributed by atoms with Crippen LogP contribution in [0, 0.1) is 24.1 Å². The highest BCUT2D eigenvalue weighted by atomic mass is 19.1. The summed E-state index contributed by atoms with van der Waals surface area (Å²) in [5.41, 5.74) is 1.74. The van der Waals surface area contributed by atoms with Crippen LogP contribution in [0.2, 0.25) is 0 Å². The molecule has 6 nitrogen and oxygen atoms in total. The van der Waals surface area contributed by atoms with Crippen molar-refractivity contribution in [3.8, 4) is 29.0 Å². The molecule has 2 heterocycles. The van der Waals surface area contributed by atoms with Gasteiger partial charge in [-0.3, -0.25) is 0 Å². The first kappa shape index (κ1) is 16.4. The van der Waals surface area contributed by atoms with Crippen molar-refractivity contribution in [2.45, 2.75) is 19.4 Å². The van der Waals surface area contributed by atoms with Gasteiger partial charge in [-0.25, -0.2) is 9.37 Å². The van der Waals surface area contributed by atoms with Crippen molar-refractivity contribution in [2.24, 2.45) is 0 Å². The molecule has 0 bridgehead atoms. The average molecular weight is 353 g/mol. The number of ether oxygens (including phenoxy) is 1. The molecule has 0 atom stereocenters. The van der Waals surface area contributed by atoms with Gasteiger partial charge in [0.25, 0.3) is 0 Å². The van der Waals surface area contributed by atoms with Crippen LogP contribution in [-0.4, -0.2) is 33.0 Å². The first-order valence-corrected chi connectivity index (χ1v) is 8.08. The van der Waals surface area contributed by atoms with Gasteiger partial charge < -0.3 is 19.5 Å². The minimum atomic E-state index is -0.936. The Balaban J connectivity index is 2.08. The van der Waals surface area contributed by atoms with Crippen LogP contribution in [0.25, 0.3) is 22.4 Å². The van der Waals surface area contributed by atoms with Gasteiger partial charge in [-0.2, -0.15) is 5.26 Å². The van der Waals surface area contributed by atoms with Gasteiger partial charge in [0.2, 0.25) is 0 Å². The second kappa shape index (κ2) is 5.44. The van der Waals surface area contributed by atoms with E-state index in [1.807, 2.05) is 11.5 Å². The molecule has 26 heavy (non-hydrogen) atoms. The van der Waals surface area contributed by atoms with Gasteiger partial charge in [0.05, 0.1) is 47.0 Å². The van der Waals surface area contributed by atoms with Crippen LogP contribution >= 0.6 is 0 Å². The number of fused-ring (bicyclic) bond motifs is 1. The number of nitriles is 1. The van der Waals surface area contributed by atoms with Crippen molar-refractivity contribution in [1.29, 1.82) is 5.26 Å². The lowest BCUT2D eigenvalue weighted by molar-refractivity contribution is -0.0868. The predicted molar refractivity (Wildman–Crippen MR) is 92.4 cm³/mol. The number of halogens is 1. The van der Waals surface area contributed by atoms with Crippen LogP contribution in [0.3, 0.4) is 0 Å². The average Bonchev–Trinajstić information content (AvgIpc) is 2.99. The molecule has 0 unspecified atom stereocenters. The number of hydrogen-bond donors (Lipinski definition) is 2. The standard InChI is InChI=1S/C19H16FN3O3/c1-10-5-12(15(20)17(25)16(10)24)18-22-13-4-3-11(7-21)6-14(13)23(18)19(2)8-26-9-19/h3-6,24-25H,8-9H2,1-2H3. The molecule has 2 N–H and O–H groups in total. The highest BCUT2D eigenvalue weighted by Crippen LogP contribution is 2.41. The van der Waals surface area contributed by atoms with Crippen LogP contribution in [0.15, 0.2) is 24.3 Å². The number of rotatable bonds is 2. The maximum Gasteiger partial charge on any atom is 0.195 e. The van der Waals surface area contributed by atoms with Crippen molar-refractivity contribution >= 4 is 11.0 Å². The third-order valence-corrected chi connectivity index (χ3v) is 4.79. The lowest BCUT2D eigenvalue weighted by Crippen LogP contribution is -2.49. The third kappa shape index (κ3) is 2.16. The topological polar surface area (TPSA) is 91.3 Å². The first-order chi connectivity index (χ1) is 12.4. The largest absolute Gasteiger partial charge is 0.504 e. The van der Waals surface area contributed by atoms with E-state index in [-0.39, 0.29) is 5.56 Å². The number of benzene rings is 2. The quantitative estimate of drug-likeness (QED) is 0.691. The summed E-state index contributed by atoms with van der Waals surface area (Å²) in [6, 6.07) is 8.63. The summed E-state index contributed by atoms with van der Waals surface area (Å²) in [4.78, 5) is 4.54. The molecule has 1 aliphatic rings. The zero-order chi connectivity index (χ0) is 18.6. The zero-order valence-electron chi connectivity index (χ0n) is 14.2. The molecule has 3 aromatic rings. The Morgan fingerprint density at radius 3 is 2.62 bits per heavy atom. The van der Waals surface area contributed by atoms with Crippen LogP contribution in [0.1, 0.15) is 18.1 Å². The Kier molecular flexibility index (Phi) is 3.43. The molecule has 0 aliphatic carbocycles. The Bertz CT molecular complexity index is 1090. The van der Waals surface area contributed by atoms with Gasteiger partial charge in [-0.1, -0.05) is 0 Å². The van der Waals surface area contributed by atoms with E-state index >= 15 is 0 Å². The number of aromatic nitrogens is 2. The molecular weight excluding hydrogens is 337 g/mol. The number of aromatic hydroxyl groups is 2. The molecule has 1 saturated heterocycles. The number of phenols is 2. The van der Waals surface area contributed by atoms with Gasteiger partial charge in [-0.05, 0) is 43.7 Å². The monoisotopic (exact) mass is 353 g/mol. The van der Waals surface area contributed by atoms with Crippen LogP contribution in [0.5, 0.6) is 11.5 Å². The molecule has 4 rings (SSSR count). The summed E-state index contributed by atoms with van der Waals surface area (Å²) in [6.45, 7) is 4.39. The molecule has 132 valence electrons. The summed E-state index contributed by atoms with van der Waals surface area (Å²) in [5.74, 6) is -1.91. The molecule has 2 aromatic carbocycles. The molecule has 0 saturated carbocycles. The fourth-order valence-corrected chi connectivity index (χ4v) is 3.33. The number of imidazole rings is 1. The second-order valence-corrected chi connectivity index (χ2v) is 6.83. The minimum absolute atomic E-state index is 0.0839. The molecule has 0 spiro atoms. The van der Waals surface area contributed by atoms with Crippen LogP contribution < -0.4 is 0 Å². The molecular formula is C19H16FN3O3. The van der Waals surface area contributed by atoms with Gasteiger partial charge in [-0.15, -0.1) is 0 Å². The Hall–Kier alpha value is -3.11. The number of phenolic OH excluding ortho intramolecular Hbond substituents is 2. The fraction of sp³-hybridized carbons (Fsp3) is 0.263. The van der Waals surface area contributed by atoms with E-state index in [0.717, 1.165) is 0 Å². The lowest BCUT2D eigenvalue weighted by atomic mass is 9.98. The normalized spacial score (nSPS) is 15.6. The van der Waals surface area contributed by atoms with E-state index in [4.69, 9.17) is 4.74 Å². The minimum Gasteiger partial charge on any atom is -0.504 e. The summed E-state index contributed by atoms with van der Waals surface area (Å²) in [6.07, 6.45) is 0. The fourth-order valence-electron chi connectivity index (χ4n) is 3.33. The number of nitrogens with zero attached hydrogens (tertiary/aromatic N) is 3. The van der Waals surface area contributed by atoms with E-state index in [9.17, 15) is 19.9 Å². The highest BCUT2D eigenvalue weighted by Gasteiger charge is 2.39. The van der Waals surface area contributed by atoms with Crippen molar-refractivity contribution in [1.82, 2.24) is 9.55 Å². The maximum absolute atomic E-state index is 14.7. The van der Waals surface area contributed by atoms with Crippen molar-refractivity contribution in [3.05, 3.63) is 41.2 Å².